The van der Waals surface area contributed by atoms with Crippen LogP contribution in [0.1, 0.15) is 24.9 Å². The van der Waals surface area contributed by atoms with E-state index in [2.05, 4.69) is 5.32 Å². The molecule has 2 rings (SSSR count). The van der Waals surface area contributed by atoms with Crippen LogP contribution < -0.4 is 19.5 Å². The van der Waals surface area contributed by atoms with Crippen molar-refractivity contribution in [1.29, 1.82) is 0 Å². The zero-order chi connectivity index (χ0) is 20.7. The molecule has 28 heavy (non-hydrogen) atoms. The number of hydrogen-bond acceptors (Lipinski definition) is 5. The topological polar surface area (TPSA) is 94.1 Å². The summed E-state index contributed by atoms with van der Waals surface area (Å²) in [7, 11) is 2.94. The van der Waals surface area contributed by atoms with Crippen LogP contribution in [0.2, 0.25) is 0 Å². The number of rotatable bonds is 9. The highest BCUT2D eigenvalue weighted by Crippen LogP contribution is 2.31. The number of ether oxygens (including phenoxy) is 3. The molecule has 0 bridgehead atoms. The number of carbonyl (C=O) groups excluding carboxylic acids is 1. The van der Waals surface area contributed by atoms with Gasteiger partial charge in [-0.05, 0) is 36.8 Å². The third kappa shape index (κ3) is 5.35. The molecule has 2 aromatic carbocycles. The molecular weight excluding hydrogens is 369 g/mol. The van der Waals surface area contributed by atoms with Crippen molar-refractivity contribution in [3.05, 3.63) is 53.8 Å². The van der Waals surface area contributed by atoms with Crippen molar-refractivity contribution >= 4 is 11.9 Å². The Kier molecular flexibility index (Phi) is 7.20. The Morgan fingerprint density at radius 2 is 1.75 bits per heavy atom. The van der Waals surface area contributed by atoms with Crippen LogP contribution in [-0.4, -0.2) is 37.3 Å². The van der Waals surface area contributed by atoms with Gasteiger partial charge in [0.2, 0.25) is 0 Å². The Balaban J connectivity index is 2.18. The van der Waals surface area contributed by atoms with Gasteiger partial charge in [0.05, 0.1) is 26.7 Å². The van der Waals surface area contributed by atoms with Gasteiger partial charge in [-0.15, -0.1) is 0 Å². The number of amides is 1. The molecule has 2 unspecified atom stereocenters. The average molecular weight is 391 g/mol. The Morgan fingerprint density at radius 1 is 1.07 bits per heavy atom. The highest BCUT2D eigenvalue weighted by atomic mass is 19.1. The van der Waals surface area contributed by atoms with Gasteiger partial charge in [-0.1, -0.05) is 18.2 Å². The SMILES string of the molecule is COc1ccc(C(CC(=O)O)NC(=O)C(C)Oc2ccccc2F)cc1OC. The van der Waals surface area contributed by atoms with E-state index < -0.39 is 29.8 Å². The van der Waals surface area contributed by atoms with Gasteiger partial charge >= 0.3 is 5.97 Å². The Bertz CT molecular complexity index is 841. The summed E-state index contributed by atoms with van der Waals surface area (Å²) in [5.41, 5.74) is 0.520. The predicted octanol–water partition coefficient (Wildman–Crippen LogP) is 2.94. The summed E-state index contributed by atoms with van der Waals surface area (Å²) in [4.78, 5) is 23.8. The van der Waals surface area contributed by atoms with Gasteiger partial charge in [-0.2, -0.15) is 0 Å². The fourth-order valence-corrected chi connectivity index (χ4v) is 2.57. The molecule has 0 aliphatic rings. The molecule has 0 saturated carbocycles. The maximum atomic E-state index is 13.7. The van der Waals surface area contributed by atoms with Gasteiger partial charge in [0.15, 0.2) is 29.2 Å². The number of para-hydroxylation sites is 1. The molecule has 0 aromatic heterocycles. The van der Waals surface area contributed by atoms with Crippen molar-refractivity contribution in [2.75, 3.05) is 14.2 Å². The van der Waals surface area contributed by atoms with E-state index in [4.69, 9.17) is 14.2 Å². The lowest BCUT2D eigenvalue weighted by Gasteiger charge is -2.22. The van der Waals surface area contributed by atoms with E-state index in [0.717, 1.165) is 0 Å². The van der Waals surface area contributed by atoms with Crippen molar-refractivity contribution in [1.82, 2.24) is 5.32 Å². The first-order valence-corrected chi connectivity index (χ1v) is 8.51. The summed E-state index contributed by atoms with van der Waals surface area (Å²) in [6.45, 7) is 1.45. The largest absolute Gasteiger partial charge is 0.493 e. The lowest BCUT2D eigenvalue weighted by Crippen LogP contribution is -2.39. The van der Waals surface area contributed by atoms with Gasteiger partial charge in [0.25, 0.3) is 5.91 Å². The van der Waals surface area contributed by atoms with Gasteiger partial charge in [-0.25, -0.2) is 4.39 Å². The summed E-state index contributed by atoms with van der Waals surface area (Å²) < 4.78 is 29.4. The molecule has 8 heteroatoms. The molecule has 0 spiro atoms. The van der Waals surface area contributed by atoms with Crippen LogP contribution in [-0.2, 0) is 9.59 Å². The number of halogens is 1. The number of aliphatic carboxylic acids is 1. The van der Waals surface area contributed by atoms with Crippen molar-refractivity contribution in [2.24, 2.45) is 0 Å². The van der Waals surface area contributed by atoms with Crippen LogP contribution in [0.3, 0.4) is 0 Å². The fraction of sp³-hybridized carbons (Fsp3) is 0.300. The Labute approximate surface area is 162 Å². The molecule has 2 N–H and O–H groups in total. The van der Waals surface area contributed by atoms with Crippen molar-refractivity contribution in [3.63, 3.8) is 0 Å². The van der Waals surface area contributed by atoms with Crippen LogP contribution in [0.25, 0.3) is 0 Å². The molecular formula is C20H22FNO6. The number of hydrogen-bond donors (Lipinski definition) is 2. The molecule has 0 radical (unpaired) electrons. The van der Waals surface area contributed by atoms with Crippen LogP contribution in [0.5, 0.6) is 17.2 Å². The molecule has 0 aliphatic carbocycles. The van der Waals surface area contributed by atoms with Gasteiger partial charge < -0.3 is 24.6 Å². The molecule has 0 saturated heterocycles. The quantitative estimate of drug-likeness (QED) is 0.683. The number of carboxylic acid groups (broad SMARTS) is 1. The maximum Gasteiger partial charge on any atom is 0.305 e. The van der Waals surface area contributed by atoms with E-state index in [1.54, 1.807) is 24.3 Å². The first-order chi connectivity index (χ1) is 13.3. The summed E-state index contributed by atoms with van der Waals surface area (Å²) in [6.07, 6.45) is -1.39. The van der Waals surface area contributed by atoms with E-state index in [1.807, 2.05) is 0 Å². The third-order valence-corrected chi connectivity index (χ3v) is 4.01. The molecule has 150 valence electrons. The molecule has 2 aromatic rings. The smallest absolute Gasteiger partial charge is 0.305 e. The molecule has 0 aliphatic heterocycles. The number of carbonyl (C=O) groups is 2. The maximum absolute atomic E-state index is 13.7. The zero-order valence-electron chi connectivity index (χ0n) is 15.8. The molecule has 7 nitrogen and oxygen atoms in total. The zero-order valence-corrected chi connectivity index (χ0v) is 15.8. The second kappa shape index (κ2) is 9.59. The minimum absolute atomic E-state index is 0.0638. The monoisotopic (exact) mass is 391 g/mol. The van der Waals surface area contributed by atoms with E-state index in [-0.39, 0.29) is 12.2 Å². The van der Waals surface area contributed by atoms with Gasteiger partial charge in [0.1, 0.15) is 0 Å². The van der Waals surface area contributed by atoms with Crippen LogP contribution in [0, 0.1) is 5.82 Å². The minimum atomic E-state index is -1.09. The lowest BCUT2D eigenvalue weighted by molar-refractivity contribution is -0.138. The summed E-state index contributed by atoms with van der Waals surface area (Å²) in [5, 5.41) is 11.8. The van der Waals surface area contributed by atoms with Crippen LogP contribution in [0.15, 0.2) is 42.5 Å². The normalized spacial score (nSPS) is 12.6. The Hall–Kier alpha value is -3.29. The number of nitrogens with one attached hydrogen (secondary N) is 1. The van der Waals surface area contributed by atoms with Crippen molar-refractivity contribution < 1.29 is 33.3 Å². The highest BCUT2D eigenvalue weighted by Gasteiger charge is 2.24. The third-order valence-electron chi connectivity index (χ3n) is 4.01. The first-order valence-electron chi connectivity index (χ1n) is 8.51. The molecule has 0 heterocycles. The summed E-state index contributed by atoms with van der Waals surface area (Å²) in [6, 6.07) is 9.73. The van der Waals surface area contributed by atoms with E-state index in [1.165, 1.54) is 39.3 Å². The second-order valence-corrected chi connectivity index (χ2v) is 5.96. The van der Waals surface area contributed by atoms with Crippen molar-refractivity contribution in [3.8, 4) is 17.2 Å². The van der Waals surface area contributed by atoms with Gasteiger partial charge in [-0.3, -0.25) is 9.59 Å². The predicted molar refractivity (Wildman–Crippen MR) is 99.2 cm³/mol. The Morgan fingerprint density at radius 3 is 2.36 bits per heavy atom. The number of carboxylic acids is 1. The van der Waals surface area contributed by atoms with Crippen LogP contribution >= 0.6 is 0 Å². The second-order valence-electron chi connectivity index (χ2n) is 5.96. The van der Waals surface area contributed by atoms with E-state index in [9.17, 15) is 19.1 Å². The minimum Gasteiger partial charge on any atom is -0.493 e. The van der Waals surface area contributed by atoms with E-state index in [0.29, 0.717) is 17.1 Å². The summed E-state index contributed by atoms with van der Waals surface area (Å²) in [5.74, 6) is -1.45. The first kappa shape index (κ1) is 21.0. The standard InChI is InChI=1S/C20H22FNO6/c1-12(28-16-7-5-4-6-14(16)21)20(25)22-15(11-19(23)24)13-8-9-17(26-2)18(10-13)27-3/h4-10,12,15H,11H2,1-3H3,(H,22,25)(H,23,24). The fourth-order valence-electron chi connectivity index (χ4n) is 2.57. The lowest BCUT2D eigenvalue weighted by atomic mass is 10.0. The highest BCUT2D eigenvalue weighted by molar-refractivity contribution is 5.82. The number of benzene rings is 2. The van der Waals surface area contributed by atoms with E-state index >= 15 is 0 Å². The summed E-state index contributed by atoms with van der Waals surface area (Å²) >= 11 is 0. The number of methoxy groups -OCH3 is 2. The molecule has 0 fully saturated rings. The molecule has 1 amide bonds. The average Bonchev–Trinajstić information content (AvgIpc) is 2.68. The van der Waals surface area contributed by atoms with Crippen molar-refractivity contribution in [2.45, 2.75) is 25.5 Å². The van der Waals surface area contributed by atoms with Gasteiger partial charge in [0, 0.05) is 0 Å². The molecule has 2 atom stereocenters. The van der Waals surface area contributed by atoms with Crippen LogP contribution in [0.4, 0.5) is 4.39 Å².